The Hall–Kier alpha value is -1.19. The largest absolute Gasteiger partial charge is 0.494 e. The fourth-order valence-corrected chi connectivity index (χ4v) is 1.03. The number of unbranched alkanes of at least 4 members (excludes halogenated alkanes) is 1. The molecule has 15 heavy (non-hydrogen) atoms. The third-order valence-corrected chi connectivity index (χ3v) is 1.86. The van der Waals surface area contributed by atoms with Gasteiger partial charge in [0.1, 0.15) is 5.75 Å². The molecule has 4 heteroatoms. The van der Waals surface area contributed by atoms with Gasteiger partial charge in [0.15, 0.2) is 0 Å². The van der Waals surface area contributed by atoms with E-state index in [9.17, 15) is 13.2 Å². The zero-order chi connectivity index (χ0) is 11.3. The highest BCUT2D eigenvalue weighted by atomic mass is 19.4. The molecule has 1 aromatic carbocycles. The first-order valence-corrected chi connectivity index (χ1v) is 4.75. The smallest absolute Gasteiger partial charge is 0.416 e. The van der Waals surface area contributed by atoms with Crippen molar-refractivity contribution in [1.82, 2.24) is 0 Å². The van der Waals surface area contributed by atoms with E-state index in [1.54, 1.807) is 0 Å². The molecule has 0 spiro atoms. The Balaban J connectivity index is 2.66. The Bertz CT molecular complexity index is 307. The van der Waals surface area contributed by atoms with Crippen LogP contribution in [0.25, 0.3) is 0 Å². The van der Waals surface area contributed by atoms with Crippen molar-refractivity contribution in [3.05, 3.63) is 29.8 Å². The molecular weight excluding hydrogens is 205 g/mol. The summed E-state index contributed by atoms with van der Waals surface area (Å²) in [5.74, 6) is 0.221. The second-order valence-electron chi connectivity index (χ2n) is 3.16. The molecule has 0 fully saturated rings. The van der Waals surface area contributed by atoms with Gasteiger partial charge in [-0.3, -0.25) is 0 Å². The Labute approximate surface area is 86.9 Å². The van der Waals surface area contributed by atoms with Gasteiger partial charge in [0.05, 0.1) is 12.2 Å². The van der Waals surface area contributed by atoms with Crippen molar-refractivity contribution >= 4 is 0 Å². The van der Waals surface area contributed by atoms with E-state index in [4.69, 9.17) is 4.74 Å². The third kappa shape index (κ3) is 3.81. The van der Waals surface area contributed by atoms with Gasteiger partial charge in [-0.25, -0.2) is 0 Å². The lowest BCUT2D eigenvalue weighted by molar-refractivity contribution is -0.137. The predicted octanol–water partition coefficient (Wildman–Crippen LogP) is 3.68. The van der Waals surface area contributed by atoms with Crippen LogP contribution in [0.2, 0.25) is 0 Å². The molecule has 83 valence electrons. The Morgan fingerprint density at radius 1 is 1.33 bits per heavy atom. The summed E-state index contributed by atoms with van der Waals surface area (Å²) in [6, 6.07) is 5.73. The number of alkyl halides is 3. The molecule has 0 heterocycles. The van der Waals surface area contributed by atoms with Crippen LogP contribution in [0.5, 0.6) is 5.75 Å². The molecule has 1 radical (unpaired) electrons. The maximum absolute atomic E-state index is 12.3. The minimum absolute atomic E-state index is 0.221. The minimum Gasteiger partial charge on any atom is -0.494 e. The van der Waals surface area contributed by atoms with Crippen LogP contribution in [0.15, 0.2) is 18.2 Å². The van der Waals surface area contributed by atoms with Gasteiger partial charge in [-0.05, 0) is 30.7 Å². The molecule has 0 N–H and O–H groups in total. The van der Waals surface area contributed by atoms with Gasteiger partial charge in [0.2, 0.25) is 0 Å². The van der Waals surface area contributed by atoms with Crippen LogP contribution in [-0.2, 0) is 6.18 Å². The average Bonchev–Trinajstić information content (AvgIpc) is 2.17. The molecule has 1 aromatic rings. The molecule has 0 aliphatic rings. The lowest BCUT2D eigenvalue weighted by Crippen LogP contribution is -2.05. The van der Waals surface area contributed by atoms with Crippen molar-refractivity contribution in [3.8, 4) is 5.75 Å². The van der Waals surface area contributed by atoms with Gasteiger partial charge in [0.25, 0.3) is 0 Å². The summed E-state index contributed by atoms with van der Waals surface area (Å²) in [6.45, 7) is 2.42. The number of hydrogen-bond acceptors (Lipinski definition) is 1. The fraction of sp³-hybridized carbons (Fsp3) is 0.455. The highest BCUT2D eigenvalue weighted by molar-refractivity contribution is 5.29. The van der Waals surface area contributed by atoms with Crippen LogP contribution >= 0.6 is 0 Å². The second-order valence-corrected chi connectivity index (χ2v) is 3.16. The van der Waals surface area contributed by atoms with Gasteiger partial charge in [-0.2, -0.15) is 13.2 Å². The molecular formula is C11H12F3O. The monoisotopic (exact) mass is 217 g/mol. The van der Waals surface area contributed by atoms with Gasteiger partial charge in [-0.1, -0.05) is 13.3 Å². The topological polar surface area (TPSA) is 9.23 Å². The first kappa shape index (κ1) is 11.9. The number of benzene rings is 1. The summed E-state index contributed by atoms with van der Waals surface area (Å²) in [5, 5.41) is 0. The fourth-order valence-electron chi connectivity index (χ4n) is 1.03. The summed E-state index contributed by atoms with van der Waals surface area (Å²) in [4.78, 5) is 0. The van der Waals surface area contributed by atoms with Crippen molar-refractivity contribution in [1.29, 1.82) is 0 Å². The van der Waals surface area contributed by atoms with E-state index in [1.165, 1.54) is 6.07 Å². The maximum Gasteiger partial charge on any atom is 0.416 e. The van der Waals surface area contributed by atoms with Crippen molar-refractivity contribution in [2.75, 3.05) is 6.61 Å². The normalized spacial score (nSPS) is 11.5. The highest BCUT2D eigenvalue weighted by Gasteiger charge is 2.30. The first-order valence-electron chi connectivity index (χ1n) is 4.75. The SMILES string of the molecule is CCCCOc1c[c]cc(C(F)(F)F)c1. The van der Waals surface area contributed by atoms with Gasteiger partial charge in [-0.15, -0.1) is 0 Å². The van der Waals surface area contributed by atoms with Crippen molar-refractivity contribution in [2.45, 2.75) is 25.9 Å². The lowest BCUT2D eigenvalue weighted by atomic mass is 10.2. The summed E-state index contributed by atoms with van der Waals surface area (Å²) >= 11 is 0. The Kier molecular flexibility index (Phi) is 4.00. The Morgan fingerprint density at radius 2 is 2.07 bits per heavy atom. The van der Waals surface area contributed by atoms with Crippen molar-refractivity contribution < 1.29 is 17.9 Å². The van der Waals surface area contributed by atoms with Gasteiger partial charge >= 0.3 is 6.18 Å². The van der Waals surface area contributed by atoms with E-state index in [0.717, 1.165) is 25.0 Å². The zero-order valence-corrected chi connectivity index (χ0v) is 8.40. The van der Waals surface area contributed by atoms with E-state index in [1.807, 2.05) is 6.92 Å². The number of halogens is 3. The van der Waals surface area contributed by atoms with E-state index in [-0.39, 0.29) is 5.75 Å². The quantitative estimate of drug-likeness (QED) is 0.699. The van der Waals surface area contributed by atoms with Crippen LogP contribution in [0, 0.1) is 6.07 Å². The molecule has 0 aliphatic carbocycles. The van der Waals surface area contributed by atoms with Crippen molar-refractivity contribution in [3.63, 3.8) is 0 Å². The van der Waals surface area contributed by atoms with Crippen molar-refractivity contribution in [2.24, 2.45) is 0 Å². The van der Waals surface area contributed by atoms with E-state index in [0.29, 0.717) is 6.61 Å². The molecule has 0 aliphatic heterocycles. The van der Waals surface area contributed by atoms with Crippen LogP contribution < -0.4 is 4.74 Å². The number of rotatable bonds is 4. The maximum atomic E-state index is 12.3. The third-order valence-electron chi connectivity index (χ3n) is 1.86. The zero-order valence-electron chi connectivity index (χ0n) is 8.40. The first-order chi connectivity index (χ1) is 7.04. The van der Waals surface area contributed by atoms with E-state index >= 15 is 0 Å². The Morgan fingerprint density at radius 3 is 2.67 bits per heavy atom. The van der Waals surface area contributed by atoms with E-state index < -0.39 is 11.7 Å². The van der Waals surface area contributed by atoms with E-state index in [2.05, 4.69) is 6.07 Å². The van der Waals surface area contributed by atoms with Gasteiger partial charge in [0, 0.05) is 0 Å². The lowest BCUT2D eigenvalue weighted by Gasteiger charge is -2.09. The molecule has 1 nitrogen and oxygen atoms in total. The standard InChI is InChI=1S/C11H12F3O/c1-2-3-7-15-10-6-4-5-9(8-10)11(12,13)14/h5-6,8H,2-3,7H2,1H3. The highest BCUT2D eigenvalue weighted by Crippen LogP contribution is 2.31. The van der Waals surface area contributed by atoms with Gasteiger partial charge < -0.3 is 4.74 Å². The summed E-state index contributed by atoms with van der Waals surface area (Å²) in [6.07, 6.45) is -2.56. The molecule has 0 amide bonds. The number of hydrogen-bond donors (Lipinski definition) is 0. The van der Waals surface area contributed by atoms with Crippen LogP contribution in [0.1, 0.15) is 25.3 Å². The number of ether oxygens (including phenoxy) is 1. The summed E-state index contributed by atoms with van der Waals surface area (Å²) in [7, 11) is 0. The summed E-state index contributed by atoms with van der Waals surface area (Å²) < 4.78 is 42.0. The molecule has 0 bridgehead atoms. The van der Waals surface area contributed by atoms with Crippen LogP contribution in [-0.4, -0.2) is 6.61 Å². The summed E-state index contributed by atoms with van der Waals surface area (Å²) in [5.41, 5.74) is -0.725. The molecule has 0 aromatic heterocycles. The molecule has 0 atom stereocenters. The minimum atomic E-state index is -4.33. The average molecular weight is 217 g/mol. The second kappa shape index (κ2) is 5.05. The molecule has 0 saturated carbocycles. The molecule has 0 saturated heterocycles. The molecule has 1 rings (SSSR count). The van der Waals surface area contributed by atoms with Crippen LogP contribution in [0.3, 0.4) is 0 Å². The molecule has 0 unspecified atom stereocenters. The van der Waals surface area contributed by atoms with Crippen LogP contribution in [0.4, 0.5) is 13.2 Å². The predicted molar refractivity (Wildman–Crippen MR) is 50.7 cm³/mol.